The Morgan fingerprint density at radius 2 is 2.06 bits per heavy atom. The van der Waals surface area contributed by atoms with E-state index in [-0.39, 0.29) is 23.0 Å². The lowest BCUT2D eigenvalue weighted by molar-refractivity contribution is -0.147. The van der Waals surface area contributed by atoms with Crippen LogP contribution in [0.25, 0.3) is 0 Å². The number of hydrogen-bond donors (Lipinski definition) is 0. The summed E-state index contributed by atoms with van der Waals surface area (Å²) in [5.41, 5.74) is 0.364. The Balaban J connectivity index is 2.05. The third-order valence-corrected chi connectivity index (χ3v) is 5.76. The van der Waals surface area contributed by atoms with Gasteiger partial charge in [-0.3, -0.25) is 0 Å². The van der Waals surface area contributed by atoms with E-state index < -0.39 is 15.8 Å². The number of rotatable bonds is 2. The van der Waals surface area contributed by atoms with Crippen molar-refractivity contribution in [2.24, 2.45) is 5.92 Å². The first kappa shape index (κ1) is 11.6. The van der Waals surface area contributed by atoms with Gasteiger partial charge in [0.05, 0.1) is 11.0 Å². The van der Waals surface area contributed by atoms with Crippen LogP contribution in [0.2, 0.25) is 0 Å². The number of ether oxygens (including phenoxy) is 1. The molecule has 1 saturated carbocycles. The van der Waals surface area contributed by atoms with Gasteiger partial charge in [-0.2, -0.15) is 0 Å². The Bertz CT molecular complexity index is 423. The van der Waals surface area contributed by atoms with Crippen LogP contribution in [-0.2, 0) is 19.4 Å². The van der Waals surface area contributed by atoms with E-state index in [1.165, 1.54) is 0 Å². The molecule has 0 aromatic heterocycles. The van der Waals surface area contributed by atoms with E-state index in [1.807, 2.05) is 0 Å². The molecule has 0 radical (unpaired) electrons. The predicted molar refractivity (Wildman–Crippen MR) is 59.6 cm³/mol. The molecule has 3 unspecified atom stereocenters. The SMILES string of the molecule is C=C(C)C(=O)OC1CCC2CC1CS2(=O)=O. The molecule has 16 heavy (non-hydrogen) atoms. The van der Waals surface area contributed by atoms with Crippen LogP contribution in [0.3, 0.4) is 0 Å². The molecule has 90 valence electrons. The van der Waals surface area contributed by atoms with Crippen molar-refractivity contribution in [2.75, 3.05) is 5.75 Å². The fourth-order valence-corrected chi connectivity index (χ4v) is 4.78. The first-order valence-corrected chi connectivity index (χ1v) is 7.20. The average molecular weight is 244 g/mol. The summed E-state index contributed by atoms with van der Waals surface area (Å²) in [5.74, 6) is -0.244. The van der Waals surface area contributed by atoms with Gasteiger partial charge in [-0.25, -0.2) is 13.2 Å². The molecule has 0 aromatic rings. The first-order valence-electron chi connectivity index (χ1n) is 5.48. The number of esters is 1. The maximum atomic E-state index is 11.7. The molecule has 2 rings (SSSR count). The third kappa shape index (κ3) is 2.00. The van der Waals surface area contributed by atoms with Crippen LogP contribution in [0, 0.1) is 5.92 Å². The van der Waals surface area contributed by atoms with Gasteiger partial charge in [-0.15, -0.1) is 0 Å². The summed E-state index contributed by atoms with van der Waals surface area (Å²) >= 11 is 0. The molecule has 4 nitrogen and oxygen atoms in total. The van der Waals surface area contributed by atoms with Crippen molar-refractivity contribution in [2.45, 2.75) is 37.5 Å². The Labute approximate surface area is 95.6 Å². The minimum atomic E-state index is -2.93. The van der Waals surface area contributed by atoms with Crippen LogP contribution in [0.1, 0.15) is 26.2 Å². The fraction of sp³-hybridized carbons (Fsp3) is 0.727. The van der Waals surface area contributed by atoms with Crippen molar-refractivity contribution in [3.63, 3.8) is 0 Å². The summed E-state index contributed by atoms with van der Waals surface area (Å²) in [5, 5.41) is -0.197. The molecule has 5 heteroatoms. The standard InChI is InChI=1S/C11H16O4S/c1-7(2)11(12)15-10-4-3-9-5-8(10)6-16(9,13)14/h8-10H,1,3-6H2,2H3. The largest absolute Gasteiger partial charge is 0.459 e. The lowest BCUT2D eigenvalue weighted by atomic mass is 9.88. The number of sulfone groups is 1. The van der Waals surface area contributed by atoms with Gasteiger partial charge in [-0.1, -0.05) is 6.58 Å². The van der Waals surface area contributed by atoms with Crippen LogP contribution >= 0.6 is 0 Å². The Hall–Kier alpha value is -0.840. The minimum Gasteiger partial charge on any atom is -0.459 e. The van der Waals surface area contributed by atoms with E-state index in [9.17, 15) is 13.2 Å². The minimum absolute atomic E-state index is 0.00736. The van der Waals surface area contributed by atoms with Crippen LogP contribution in [0.5, 0.6) is 0 Å². The summed E-state index contributed by atoms with van der Waals surface area (Å²) in [7, 11) is -2.93. The van der Waals surface area contributed by atoms with Crippen molar-refractivity contribution < 1.29 is 17.9 Å². The summed E-state index contributed by atoms with van der Waals surface area (Å²) in [6, 6.07) is 0. The quantitative estimate of drug-likeness (QED) is 0.538. The van der Waals surface area contributed by atoms with Crippen molar-refractivity contribution >= 4 is 15.8 Å². The first-order chi connectivity index (χ1) is 7.40. The maximum absolute atomic E-state index is 11.7. The molecule has 1 saturated heterocycles. The third-order valence-electron chi connectivity index (χ3n) is 3.43. The molecule has 0 amide bonds. The predicted octanol–water partition coefficient (Wildman–Crippen LogP) is 1.07. The van der Waals surface area contributed by atoms with Gasteiger partial charge in [0, 0.05) is 11.5 Å². The molecule has 0 N–H and O–H groups in total. The van der Waals surface area contributed by atoms with Crippen molar-refractivity contribution in [1.82, 2.24) is 0 Å². The molecule has 0 aromatic carbocycles. The van der Waals surface area contributed by atoms with Crippen LogP contribution in [-0.4, -0.2) is 31.5 Å². The summed E-state index contributed by atoms with van der Waals surface area (Å²) in [6.07, 6.45) is 1.69. The average Bonchev–Trinajstić information content (AvgIpc) is 2.42. The van der Waals surface area contributed by atoms with Crippen LogP contribution in [0.4, 0.5) is 0 Å². The number of hydrogen-bond acceptors (Lipinski definition) is 4. The van der Waals surface area contributed by atoms with E-state index in [0.717, 1.165) is 0 Å². The van der Waals surface area contributed by atoms with Crippen molar-refractivity contribution in [3.05, 3.63) is 12.2 Å². The molecule has 1 aliphatic heterocycles. The number of fused-ring (bicyclic) bond motifs is 2. The van der Waals surface area contributed by atoms with E-state index >= 15 is 0 Å². The molecule has 2 aliphatic rings. The molecule has 2 fully saturated rings. The van der Waals surface area contributed by atoms with E-state index in [4.69, 9.17) is 4.74 Å². The summed E-state index contributed by atoms with van der Waals surface area (Å²) in [6.45, 7) is 5.11. The molecule has 2 bridgehead atoms. The smallest absolute Gasteiger partial charge is 0.333 e. The van der Waals surface area contributed by atoms with Gasteiger partial charge in [0.1, 0.15) is 6.10 Å². The molecular formula is C11H16O4S. The lowest BCUT2D eigenvalue weighted by Gasteiger charge is -2.26. The second-order valence-corrected chi connectivity index (χ2v) is 7.07. The van der Waals surface area contributed by atoms with Crippen LogP contribution < -0.4 is 0 Å². The van der Waals surface area contributed by atoms with Crippen molar-refractivity contribution in [1.29, 1.82) is 0 Å². The van der Waals surface area contributed by atoms with Crippen molar-refractivity contribution in [3.8, 4) is 0 Å². The summed E-state index contributed by atoms with van der Waals surface area (Å²) in [4.78, 5) is 11.4. The zero-order valence-electron chi connectivity index (χ0n) is 9.31. The zero-order valence-corrected chi connectivity index (χ0v) is 10.1. The maximum Gasteiger partial charge on any atom is 0.333 e. The van der Waals surface area contributed by atoms with Gasteiger partial charge in [-0.05, 0) is 26.2 Å². The monoisotopic (exact) mass is 244 g/mol. The highest BCUT2D eigenvalue weighted by Gasteiger charge is 2.46. The lowest BCUT2D eigenvalue weighted by Crippen LogP contribution is -2.31. The fourth-order valence-electron chi connectivity index (χ4n) is 2.52. The Morgan fingerprint density at radius 1 is 1.38 bits per heavy atom. The number of carbonyl (C=O) groups is 1. The van der Waals surface area contributed by atoms with Gasteiger partial charge < -0.3 is 4.74 Å². The highest BCUT2D eigenvalue weighted by Crippen LogP contribution is 2.39. The zero-order chi connectivity index (χ0) is 11.9. The Kier molecular flexibility index (Phi) is 2.82. The Morgan fingerprint density at radius 3 is 2.69 bits per heavy atom. The topological polar surface area (TPSA) is 60.4 Å². The van der Waals surface area contributed by atoms with E-state index in [1.54, 1.807) is 6.92 Å². The molecule has 1 heterocycles. The number of carbonyl (C=O) groups excluding carboxylic acids is 1. The van der Waals surface area contributed by atoms with E-state index in [2.05, 4.69) is 6.58 Å². The summed E-state index contributed by atoms with van der Waals surface area (Å²) < 4.78 is 28.6. The molecule has 3 atom stereocenters. The normalized spacial score (nSPS) is 35.7. The highest BCUT2D eigenvalue weighted by molar-refractivity contribution is 7.92. The van der Waals surface area contributed by atoms with Gasteiger partial charge >= 0.3 is 5.97 Å². The highest BCUT2D eigenvalue weighted by atomic mass is 32.2. The molecule has 0 spiro atoms. The molecular weight excluding hydrogens is 228 g/mol. The van der Waals surface area contributed by atoms with Gasteiger partial charge in [0.25, 0.3) is 0 Å². The van der Waals surface area contributed by atoms with E-state index in [0.29, 0.717) is 24.8 Å². The second-order valence-electron chi connectivity index (χ2n) is 4.75. The van der Waals surface area contributed by atoms with Crippen LogP contribution in [0.15, 0.2) is 12.2 Å². The second kappa shape index (κ2) is 3.87. The van der Waals surface area contributed by atoms with Gasteiger partial charge in [0.15, 0.2) is 9.84 Å². The molecule has 1 aliphatic carbocycles. The van der Waals surface area contributed by atoms with Gasteiger partial charge in [0.2, 0.25) is 0 Å².